The van der Waals surface area contributed by atoms with Crippen molar-refractivity contribution in [2.75, 3.05) is 6.54 Å². The number of nitrogens with zero attached hydrogens (tertiary/aromatic N) is 1. The van der Waals surface area contributed by atoms with Crippen LogP contribution in [0.5, 0.6) is 5.75 Å². The summed E-state index contributed by atoms with van der Waals surface area (Å²) in [5.41, 5.74) is 1.13. The average molecular weight is 258 g/mol. The van der Waals surface area contributed by atoms with E-state index in [1.165, 1.54) is 38.5 Å². The molecule has 0 amide bonds. The molecule has 1 aliphatic heterocycles. The van der Waals surface area contributed by atoms with Crippen molar-refractivity contribution < 1.29 is 4.74 Å². The first-order chi connectivity index (χ1) is 9.40. The summed E-state index contributed by atoms with van der Waals surface area (Å²) >= 11 is 0. The number of aromatic nitrogens is 1. The van der Waals surface area contributed by atoms with Crippen LogP contribution in [-0.4, -0.2) is 23.7 Å². The number of pyridine rings is 1. The topological polar surface area (TPSA) is 34.2 Å². The van der Waals surface area contributed by atoms with E-state index >= 15 is 0 Å². The zero-order chi connectivity index (χ0) is 12.9. The lowest BCUT2D eigenvalue weighted by Gasteiger charge is -2.12. The first-order valence-electron chi connectivity index (χ1n) is 7.43. The normalized spacial score (nSPS) is 24.3. The van der Waals surface area contributed by atoms with Crippen LogP contribution in [0.1, 0.15) is 44.1 Å². The Morgan fingerprint density at radius 2 is 2.05 bits per heavy atom. The van der Waals surface area contributed by atoms with Crippen molar-refractivity contribution in [3.8, 4) is 5.75 Å². The minimum atomic E-state index is 0.400. The molecule has 3 heteroatoms. The maximum Gasteiger partial charge on any atom is 0.138 e. The van der Waals surface area contributed by atoms with Gasteiger partial charge in [-0.1, -0.05) is 12.2 Å². The van der Waals surface area contributed by atoms with Gasteiger partial charge in [-0.2, -0.15) is 0 Å². The van der Waals surface area contributed by atoms with Gasteiger partial charge in [0.15, 0.2) is 0 Å². The highest BCUT2D eigenvalue weighted by atomic mass is 16.5. The third-order valence-corrected chi connectivity index (χ3v) is 3.96. The van der Waals surface area contributed by atoms with Gasteiger partial charge in [0.05, 0.1) is 12.3 Å². The highest BCUT2D eigenvalue weighted by molar-refractivity contribution is 5.50. The van der Waals surface area contributed by atoms with E-state index in [4.69, 9.17) is 4.74 Å². The van der Waals surface area contributed by atoms with Gasteiger partial charge in [-0.3, -0.25) is 4.98 Å². The van der Waals surface area contributed by atoms with Crippen molar-refractivity contribution in [3.63, 3.8) is 0 Å². The first-order valence-corrected chi connectivity index (χ1v) is 7.43. The van der Waals surface area contributed by atoms with Crippen LogP contribution in [-0.2, 0) is 0 Å². The number of rotatable bonds is 4. The van der Waals surface area contributed by atoms with Gasteiger partial charge in [0, 0.05) is 12.2 Å². The van der Waals surface area contributed by atoms with Crippen LogP contribution in [0.15, 0.2) is 24.5 Å². The quantitative estimate of drug-likeness (QED) is 0.900. The third kappa shape index (κ3) is 3.57. The van der Waals surface area contributed by atoms with E-state index in [0.717, 1.165) is 17.9 Å². The van der Waals surface area contributed by atoms with Crippen molar-refractivity contribution in [2.24, 2.45) is 0 Å². The number of hydrogen-bond acceptors (Lipinski definition) is 3. The monoisotopic (exact) mass is 258 g/mol. The van der Waals surface area contributed by atoms with Crippen molar-refractivity contribution in [1.29, 1.82) is 0 Å². The third-order valence-electron chi connectivity index (χ3n) is 3.96. The maximum atomic E-state index is 5.98. The first kappa shape index (κ1) is 12.7. The summed E-state index contributed by atoms with van der Waals surface area (Å²) in [4.78, 5) is 4.28. The summed E-state index contributed by atoms with van der Waals surface area (Å²) in [6.45, 7) is 1.14. The van der Waals surface area contributed by atoms with E-state index in [9.17, 15) is 0 Å². The van der Waals surface area contributed by atoms with Crippen molar-refractivity contribution in [1.82, 2.24) is 10.3 Å². The number of nitrogens with one attached hydrogen (secondary N) is 1. The van der Waals surface area contributed by atoms with Crippen molar-refractivity contribution >= 4 is 6.08 Å². The summed E-state index contributed by atoms with van der Waals surface area (Å²) in [5, 5.41) is 3.46. The summed E-state index contributed by atoms with van der Waals surface area (Å²) in [6, 6.07) is 2.62. The molecule has 0 radical (unpaired) electrons. The molecule has 2 aliphatic rings. The van der Waals surface area contributed by atoms with Gasteiger partial charge in [0.2, 0.25) is 0 Å². The largest absolute Gasteiger partial charge is 0.489 e. The Hall–Kier alpha value is -1.35. The molecule has 2 fully saturated rings. The molecule has 2 heterocycles. The molecule has 1 saturated carbocycles. The van der Waals surface area contributed by atoms with E-state index in [0.29, 0.717) is 12.1 Å². The predicted octanol–water partition coefficient (Wildman–Crippen LogP) is 3.17. The van der Waals surface area contributed by atoms with Crippen LogP contribution in [0.25, 0.3) is 6.08 Å². The van der Waals surface area contributed by atoms with Crippen LogP contribution in [0.3, 0.4) is 0 Å². The summed E-state index contributed by atoms with van der Waals surface area (Å²) in [7, 11) is 0. The van der Waals surface area contributed by atoms with Gasteiger partial charge in [0.1, 0.15) is 5.75 Å². The molecular formula is C16H22N2O. The van der Waals surface area contributed by atoms with Gasteiger partial charge in [0.25, 0.3) is 0 Å². The fourth-order valence-electron chi connectivity index (χ4n) is 2.89. The van der Waals surface area contributed by atoms with Crippen molar-refractivity contribution in [2.45, 2.75) is 50.7 Å². The molecule has 0 aromatic carbocycles. The van der Waals surface area contributed by atoms with Crippen LogP contribution >= 0.6 is 0 Å². The highest BCUT2D eigenvalue weighted by Crippen LogP contribution is 2.24. The van der Waals surface area contributed by atoms with E-state index in [-0.39, 0.29) is 0 Å². The van der Waals surface area contributed by atoms with Gasteiger partial charge in [-0.25, -0.2) is 0 Å². The molecule has 19 heavy (non-hydrogen) atoms. The van der Waals surface area contributed by atoms with Crippen LogP contribution in [0.4, 0.5) is 0 Å². The molecule has 102 valence electrons. The van der Waals surface area contributed by atoms with E-state index < -0.39 is 0 Å². The van der Waals surface area contributed by atoms with Crippen LogP contribution < -0.4 is 10.1 Å². The Morgan fingerprint density at radius 1 is 1.16 bits per heavy atom. The SMILES string of the molecule is C(=C\[C@@H]1CCCN1)/c1cncc(OC2CCCC2)c1. The molecule has 0 spiro atoms. The lowest BCUT2D eigenvalue weighted by molar-refractivity contribution is 0.209. The molecule has 1 N–H and O–H groups in total. The van der Waals surface area contributed by atoms with Crippen LogP contribution in [0.2, 0.25) is 0 Å². The van der Waals surface area contributed by atoms with Crippen molar-refractivity contribution in [3.05, 3.63) is 30.1 Å². The molecule has 1 aliphatic carbocycles. The molecule has 1 atom stereocenters. The lowest BCUT2D eigenvalue weighted by atomic mass is 10.2. The summed E-state index contributed by atoms with van der Waals surface area (Å²) < 4.78 is 5.98. The second kappa shape index (κ2) is 6.20. The number of ether oxygens (including phenoxy) is 1. The molecule has 3 nitrogen and oxygen atoms in total. The van der Waals surface area contributed by atoms with Gasteiger partial charge < -0.3 is 10.1 Å². The van der Waals surface area contributed by atoms with Crippen LogP contribution in [0, 0.1) is 0 Å². The molecular weight excluding hydrogens is 236 g/mol. The smallest absolute Gasteiger partial charge is 0.138 e. The minimum absolute atomic E-state index is 0.400. The molecule has 0 unspecified atom stereocenters. The molecule has 0 bridgehead atoms. The molecule has 1 aromatic heterocycles. The van der Waals surface area contributed by atoms with E-state index in [2.05, 4.69) is 28.5 Å². The Bertz CT molecular complexity index is 432. The van der Waals surface area contributed by atoms with E-state index in [1.54, 1.807) is 0 Å². The van der Waals surface area contributed by atoms with Gasteiger partial charge in [-0.15, -0.1) is 0 Å². The van der Waals surface area contributed by atoms with Gasteiger partial charge >= 0.3 is 0 Å². The van der Waals surface area contributed by atoms with E-state index in [1.807, 2.05) is 12.4 Å². The summed E-state index contributed by atoms with van der Waals surface area (Å²) in [6.07, 6.45) is 16.0. The predicted molar refractivity (Wildman–Crippen MR) is 77.2 cm³/mol. The fraction of sp³-hybridized carbons (Fsp3) is 0.562. The fourth-order valence-corrected chi connectivity index (χ4v) is 2.89. The van der Waals surface area contributed by atoms with Gasteiger partial charge in [-0.05, 0) is 56.7 Å². The Kier molecular flexibility index (Phi) is 4.13. The second-order valence-electron chi connectivity index (χ2n) is 5.54. The Labute approximate surface area is 115 Å². The number of hydrogen-bond donors (Lipinski definition) is 1. The minimum Gasteiger partial charge on any atom is -0.489 e. The second-order valence-corrected chi connectivity index (χ2v) is 5.54. The zero-order valence-corrected chi connectivity index (χ0v) is 11.3. The lowest BCUT2D eigenvalue weighted by Crippen LogP contribution is -2.17. The Morgan fingerprint density at radius 3 is 2.84 bits per heavy atom. The maximum absolute atomic E-state index is 5.98. The molecule has 3 rings (SSSR count). The average Bonchev–Trinajstić information content (AvgIpc) is 3.10. The highest BCUT2D eigenvalue weighted by Gasteiger charge is 2.16. The summed E-state index contributed by atoms with van der Waals surface area (Å²) in [5.74, 6) is 0.911. The standard InChI is InChI=1S/C16H22N2O/c1-2-6-15(5-1)19-16-10-13(11-17-12-16)7-8-14-4-3-9-18-14/h7-8,10-12,14-15,18H,1-6,9H2/b8-7+/t14-/m0/s1. The molecule has 1 aromatic rings. The zero-order valence-electron chi connectivity index (χ0n) is 11.3. The Balaban J connectivity index is 1.61. The molecule has 1 saturated heterocycles.